The lowest BCUT2D eigenvalue weighted by Gasteiger charge is -2.25. The van der Waals surface area contributed by atoms with Crippen molar-refractivity contribution >= 4 is 39.9 Å². The van der Waals surface area contributed by atoms with Crippen LogP contribution in [0.15, 0.2) is 67.4 Å². The van der Waals surface area contributed by atoms with E-state index in [9.17, 15) is 23.5 Å². The van der Waals surface area contributed by atoms with Gasteiger partial charge in [0.05, 0.1) is 86.8 Å². The monoisotopic (exact) mass is 856 g/mol. The molecule has 1 aliphatic heterocycles. The van der Waals surface area contributed by atoms with Crippen molar-refractivity contribution in [2.75, 3.05) is 60.1 Å². The number of imidazole rings is 1. The number of carbonyl (C=O) groups excluding carboxylic acids is 1. The fourth-order valence-corrected chi connectivity index (χ4v) is 6.79. The van der Waals surface area contributed by atoms with Crippen LogP contribution in [0.3, 0.4) is 0 Å². The molecule has 320 valence electrons. The number of benzene rings is 4. The lowest BCUT2D eigenvalue weighted by atomic mass is 9.99. The molecule has 4 heterocycles. The van der Waals surface area contributed by atoms with Crippen LogP contribution >= 0.6 is 0 Å². The van der Waals surface area contributed by atoms with Gasteiger partial charge in [-0.1, -0.05) is 12.1 Å². The number of aromatic nitrogens is 6. The number of fused-ring (bicyclic) bond motifs is 2. The molecule has 0 radical (unpaired) electrons. The Kier molecular flexibility index (Phi) is 12.7. The van der Waals surface area contributed by atoms with Crippen LogP contribution in [-0.4, -0.2) is 107 Å². The molecule has 1 amide bonds. The molecule has 0 bridgehead atoms. The second kappa shape index (κ2) is 18.4. The number of nitrogens with one attached hydrogen (secondary N) is 2. The highest BCUT2D eigenvalue weighted by atomic mass is 19.1. The van der Waals surface area contributed by atoms with Gasteiger partial charge in [0, 0.05) is 67.7 Å². The van der Waals surface area contributed by atoms with Crippen molar-refractivity contribution in [3.63, 3.8) is 0 Å². The Labute approximate surface area is 349 Å². The number of anilines is 1. The summed E-state index contributed by atoms with van der Waals surface area (Å²) in [5, 5.41) is 12.0. The molecule has 1 saturated heterocycles. The molecule has 62 heavy (non-hydrogen) atoms. The number of nitrogens with zero attached hydrogens (tertiary/aromatic N) is 6. The van der Waals surface area contributed by atoms with Gasteiger partial charge < -0.3 is 33.8 Å². The van der Waals surface area contributed by atoms with Gasteiger partial charge in [-0.2, -0.15) is 0 Å². The number of methoxy groups -OCH3 is 4. The summed E-state index contributed by atoms with van der Waals surface area (Å²) < 4.78 is 85.2. The van der Waals surface area contributed by atoms with E-state index >= 15 is 8.78 Å². The van der Waals surface area contributed by atoms with Crippen LogP contribution in [0, 0.1) is 23.3 Å². The van der Waals surface area contributed by atoms with Gasteiger partial charge >= 0.3 is 5.97 Å². The van der Waals surface area contributed by atoms with E-state index in [1.165, 1.54) is 77.5 Å². The number of H-pyrrole nitrogens is 1. The molecule has 1 aliphatic rings. The zero-order chi connectivity index (χ0) is 44.1. The maximum atomic E-state index is 15.2. The molecule has 20 heteroatoms. The largest absolute Gasteiger partial charge is 0.494 e. The third-order valence-electron chi connectivity index (χ3n) is 9.77. The van der Waals surface area contributed by atoms with Crippen molar-refractivity contribution < 1.29 is 55.9 Å². The number of carbonyl (C=O) groups is 2. The zero-order valence-electron chi connectivity index (χ0n) is 33.4. The summed E-state index contributed by atoms with van der Waals surface area (Å²) in [5.41, 5.74) is 0.563. The van der Waals surface area contributed by atoms with Crippen LogP contribution in [0.1, 0.15) is 26.4 Å². The van der Waals surface area contributed by atoms with Gasteiger partial charge in [0.25, 0.3) is 5.91 Å². The first-order valence-electron chi connectivity index (χ1n) is 18.6. The molecule has 7 aromatic rings. The number of morpholine rings is 1. The summed E-state index contributed by atoms with van der Waals surface area (Å²) in [4.78, 5) is 50.6. The second-order valence-corrected chi connectivity index (χ2v) is 13.3. The van der Waals surface area contributed by atoms with Crippen LogP contribution in [0.25, 0.3) is 44.3 Å². The zero-order valence-corrected chi connectivity index (χ0v) is 33.4. The van der Waals surface area contributed by atoms with Crippen molar-refractivity contribution in [2.45, 2.75) is 6.54 Å². The number of aromatic carboxylic acids is 1. The minimum atomic E-state index is -1.22. The van der Waals surface area contributed by atoms with Crippen molar-refractivity contribution in [3.05, 3.63) is 107 Å². The molecule has 0 unspecified atom stereocenters. The molecule has 0 aliphatic carbocycles. The van der Waals surface area contributed by atoms with Crippen LogP contribution in [0.2, 0.25) is 0 Å². The summed E-state index contributed by atoms with van der Waals surface area (Å²) >= 11 is 0. The molecular formula is C42H36F4N8O8. The average Bonchev–Trinajstić information content (AvgIpc) is 3.73. The van der Waals surface area contributed by atoms with Gasteiger partial charge in [0.2, 0.25) is 5.95 Å². The van der Waals surface area contributed by atoms with E-state index in [0.29, 0.717) is 19.8 Å². The first-order chi connectivity index (χ1) is 30.0. The Bertz CT molecular complexity index is 2760. The lowest BCUT2D eigenvalue weighted by molar-refractivity contribution is 0.0337. The summed E-state index contributed by atoms with van der Waals surface area (Å²) in [6.07, 6.45) is 7.05. The SMILES string of the molecule is COc1cc(OC)c(F)c(-c2ccc(C(=O)Nc3ncc(CN4CCOCC4)[nH]3)c3nccnc23)c1F.COc1cc(OC)c(F)c(-c2ccc(C(=O)O)c3nccnc23)c1F. The third kappa shape index (κ3) is 8.32. The molecule has 4 aromatic carbocycles. The number of carboxylic acid groups (broad SMARTS) is 1. The molecular weight excluding hydrogens is 821 g/mol. The van der Waals surface area contributed by atoms with Gasteiger partial charge in [-0.05, 0) is 12.1 Å². The maximum Gasteiger partial charge on any atom is 0.337 e. The molecule has 16 nitrogen and oxygen atoms in total. The van der Waals surface area contributed by atoms with Gasteiger partial charge in [-0.25, -0.2) is 27.3 Å². The smallest absolute Gasteiger partial charge is 0.337 e. The Balaban J connectivity index is 0.000000201. The molecule has 0 spiro atoms. The Morgan fingerprint density at radius 1 is 0.677 bits per heavy atom. The van der Waals surface area contributed by atoms with Gasteiger partial charge in [0.1, 0.15) is 11.0 Å². The highest BCUT2D eigenvalue weighted by molar-refractivity contribution is 6.13. The van der Waals surface area contributed by atoms with Crippen LogP contribution in [-0.2, 0) is 11.3 Å². The molecule has 1 fully saturated rings. The van der Waals surface area contributed by atoms with Crippen LogP contribution < -0.4 is 24.3 Å². The van der Waals surface area contributed by atoms with E-state index in [1.54, 1.807) is 6.20 Å². The van der Waals surface area contributed by atoms with Gasteiger partial charge in [0.15, 0.2) is 46.3 Å². The van der Waals surface area contributed by atoms with E-state index in [1.807, 2.05) is 0 Å². The second-order valence-electron chi connectivity index (χ2n) is 13.3. The summed E-state index contributed by atoms with van der Waals surface area (Å²) in [6, 6.07) is 7.57. The first-order valence-corrected chi connectivity index (χ1v) is 18.6. The summed E-state index contributed by atoms with van der Waals surface area (Å²) in [5.74, 6) is -6.03. The first kappa shape index (κ1) is 42.7. The number of carboxylic acids is 1. The number of hydrogen-bond acceptors (Lipinski definition) is 13. The predicted molar refractivity (Wildman–Crippen MR) is 216 cm³/mol. The molecule has 8 rings (SSSR count). The highest BCUT2D eigenvalue weighted by Gasteiger charge is 2.27. The van der Waals surface area contributed by atoms with Crippen LogP contribution in [0.4, 0.5) is 23.5 Å². The average molecular weight is 857 g/mol. The van der Waals surface area contributed by atoms with Crippen molar-refractivity contribution in [3.8, 4) is 45.3 Å². The fourth-order valence-electron chi connectivity index (χ4n) is 6.79. The highest BCUT2D eigenvalue weighted by Crippen LogP contribution is 2.41. The normalized spacial score (nSPS) is 12.7. The van der Waals surface area contributed by atoms with E-state index in [4.69, 9.17) is 23.7 Å². The third-order valence-corrected chi connectivity index (χ3v) is 9.77. The Hall–Kier alpha value is -7.45. The lowest BCUT2D eigenvalue weighted by Crippen LogP contribution is -2.35. The van der Waals surface area contributed by atoms with Crippen molar-refractivity contribution in [2.24, 2.45) is 0 Å². The summed E-state index contributed by atoms with van der Waals surface area (Å²) in [6.45, 7) is 3.64. The predicted octanol–water partition coefficient (Wildman–Crippen LogP) is 6.69. The van der Waals surface area contributed by atoms with Gasteiger partial charge in [-0.15, -0.1) is 0 Å². The standard InChI is InChI=1S/C25H24F2N6O4.C17H12F2N2O4/c1-35-17-11-18(36-2)21(27)19(20(17)26)15-3-4-16(23-22(15)28-5-6-29-23)24(34)32-25-30-12-14(31-25)13-33-7-9-37-10-8-33;1-24-10-7-11(25-2)14(19)12(13(10)18)8-3-4-9(17(22)23)16-15(8)20-5-6-21-16/h3-6,11-12H,7-10,13H2,1-2H3,(H2,30,31,32,34);3-7H,1-2H3,(H,22,23). The molecule has 0 atom stereocenters. The minimum absolute atomic E-state index is 0.0214. The molecule has 0 saturated carbocycles. The van der Waals surface area contributed by atoms with E-state index in [2.05, 4.69) is 40.1 Å². The maximum absolute atomic E-state index is 15.2. The Morgan fingerprint density at radius 2 is 1.11 bits per heavy atom. The number of hydrogen-bond donors (Lipinski definition) is 3. The number of amides is 1. The fraction of sp³-hybridized carbons (Fsp3) is 0.214. The minimum Gasteiger partial charge on any atom is -0.494 e. The number of rotatable bonds is 11. The van der Waals surface area contributed by atoms with Gasteiger partial charge in [-0.3, -0.25) is 34.9 Å². The van der Waals surface area contributed by atoms with E-state index in [-0.39, 0.29) is 73.3 Å². The summed E-state index contributed by atoms with van der Waals surface area (Å²) in [7, 11) is 5.02. The number of halogens is 4. The number of aromatic amines is 1. The number of ether oxygens (including phenoxy) is 5. The van der Waals surface area contributed by atoms with Crippen molar-refractivity contribution in [1.82, 2.24) is 34.8 Å². The quantitative estimate of drug-likeness (QED) is 0.116. The Morgan fingerprint density at radius 3 is 1.56 bits per heavy atom. The van der Waals surface area contributed by atoms with E-state index < -0.39 is 46.3 Å². The molecule has 3 N–H and O–H groups in total. The molecule has 3 aromatic heterocycles. The van der Waals surface area contributed by atoms with Crippen molar-refractivity contribution in [1.29, 1.82) is 0 Å². The van der Waals surface area contributed by atoms with Crippen LogP contribution in [0.5, 0.6) is 23.0 Å². The topological polar surface area (TPSA) is 196 Å². The van der Waals surface area contributed by atoms with E-state index in [0.717, 1.165) is 30.9 Å².